The number of rotatable bonds is 2. The van der Waals surface area contributed by atoms with Gasteiger partial charge in [0.25, 0.3) is 0 Å². The molecule has 1 atom stereocenters. The molecule has 1 unspecified atom stereocenters. The summed E-state index contributed by atoms with van der Waals surface area (Å²) in [5.74, 6) is -2.53. The summed E-state index contributed by atoms with van der Waals surface area (Å²) in [4.78, 5) is 0. The Hall–Kier alpha value is -0.690. The standard InChI is InChI=1S/C10H9BrF2O3S/c11-6-3-8(12)10(13)9(4-6)16-7-1-2-17(14,15)5-7/h3-4,7H,1-2,5H2. The summed E-state index contributed by atoms with van der Waals surface area (Å²) in [7, 11) is -3.10. The number of hydrogen-bond acceptors (Lipinski definition) is 3. The van der Waals surface area contributed by atoms with Gasteiger partial charge in [-0.25, -0.2) is 12.8 Å². The molecule has 1 aliphatic rings. The second-order valence-corrected chi connectivity index (χ2v) is 6.99. The van der Waals surface area contributed by atoms with Crippen molar-refractivity contribution in [1.29, 1.82) is 0 Å². The second-order valence-electron chi connectivity index (χ2n) is 3.84. The Kier molecular flexibility index (Phi) is 3.40. The smallest absolute Gasteiger partial charge is 0.200 e. The molecular weight excluding hydrogens is 318 g/mol. The predicted octanol–water partition coefficient (Wildman–Crippen LogP) is 2.29. The van der Waals surface area contributed by atoms with E-state index in [0.717, 1.165) is 6.07 Å². The minimum absolute atomic E-state index is 0.0236. The first-order valence-electron chi connectivity index (χ1n) is 4.89. The summed E-state index contributed by atoms with van der Waals surface area (Å²) in [6, 6.07) is 2.26. The molecule has 1 heterocycles. The average Bonchev–Trinajstić information content (AvgIpc) is 2.54. The summed E-state index contributed by atoms with van der Waals surface area (Å²) in [6.07, 6.45) is -0.307. The van der Waals surface area contributed by atoms with E-state index in [1.807, 2.05) is 0 Å². The molecule has 0 N–H and O–H groups in total. The highest BCUT2D eigenvalue weighted by molar-refractivity contribution is 9.10. The van der Waals surface area contributed by atoms with Crippen LogP contribution in [0.3, 0.4) is 0 Å². The van der Waals surface area contributed by atoms with E-state index < -0.39 is 27.6 Å². The highest BCUT2D eigenvalue weighted by atomic mass is 79.9. The van der Waals surface area contributed by atoms with E-state index in [1.54, 1.807) is 0 Å². The van der Waals surface area contributed by atoms with Gasteiger partial charge in [0, 0.05) is 4.47 Å². The van der Waals surface area contributed by atoms with Crippen LogP contribution in [0.2, 0.25) is 0 Å². The zero-order chi connectivity index (χ0) is 12.6. The van der Waals surface area contributed by atoms with Crippen molar-refractivity contribution in [3.05, 3.63) is 28.2 Å². The summed E-state index contributed by atoms with van der Waals surface area (Å²) >= 11 is 3.01. The van der Waals surface area contributed by atoms with Gasteiger partial charge in [-0.3, -0.25) is 0 Å². The molecule has 0 bridgehead atoms. The lowest BCUT2D eigenvalue weighted by Gasteiger charge is -2.13. The number of sulfone groups is 1. The van der Waals surface area contributed by atoms with Crippen molar-refractivity contribution < 1.29 is 21.9 Å². The van der Waals surface area contributed by atoms with Crippen LogP contribution in [0.25, 0.3) is 0 Å². The molecule has 17 heavy (non-hydrogen) atoms. The SMILES string of the molecule is O=S1(=O)CCC(Oc2cc(Br)cc(F)c2F)C1. The van der Waals surface area contributed by atoms with Gasteiger partial charge in [-0.15, -0.1) is 0 Å². The molecule has 1 saturated heterocycles. The molecule has 0 radical (unpaired) electrons. The van der Waals surface area contributed by atoms with E-state index in [4.69, 9.17) is 4.74 Å². The number of halogens is 3. The van der Waals surface area contributed by atoms with Crippen LogP contribution in [0.4, 0.5) is 8.78 Å². The van der Waals surface area contributed by atoms with Crippen molar-refractivity contribution in [3.63, 3.8) is 0 Å². The Labute approximate surface area is 106 Å². The Morgan fingerprint density at radius 3 is 2.65 bits per heavy atom. The number of benzene rings is 1. The van der Waals surface area contributed by atoms with Gasteiger partial charge < -0.3 is 4.74 Å². The van der Waals surface area contributed by atoms with Crippen molar-refractivity contribution in [2.24, 2.45) is 0 Å². The Bertz CT molecular complexity index is 545. The maximum Gasteiger partial charge on any atom is 0.200 e. The molecule has 0 amide bonds. The molecule has 0 aliphatic carbocycles. The molecule has 0 saturated carbocycles. The largest absolute Gasteiger partial charge is 0.486 e. The zero-order valence-corrected chi connectivity index (χ0v) is 11.0. The van der Waals surface area contributed by atoms with Crippen molar-refractivity contribution >= 4 is 25.8 Å². The lowest BCUT2D eigenvalue weighted by molar-refractivity contribution is 0.215. The van der Waals surface area contributed by atoms with Gasteiger partial charge in [-0.2, -0.15) is 4.39 Å². The van der Waals surface area contributed by atoms with Crippen LogP contribution >= 0.6 is 15.9 Å². The monoisotopic (exact) mass is 326 g/mol. The fourth-order valence-corrected chi connectivity index (χ4v) is 3.65. The Morgan fingerprint density at radius 1 is 1.35 bits per heavy atom. The Balaban J connectivity index is 2.20. The van der Waals surface area contributed by atoms with Crippen LogP contribution < -0.4 is 4.74 Å². The van der Waals surface area contributed by atoms with Crippen molar-refractivity contribution in [1.82, 2.24) is 0 Å². The molecule has 0 aromatic heterocycles. The molecule has 1 aromatic rings. The maximum absolute atomic E-state index is 13.4. The van der Waals surface area contributed by atoms with Crippen LogP contribution in [0, 0.1) is 11.6 Å². The van der Waals surface area contributed by atoms with Crippen LogP contribution in [-0.2, 0) is 9.84 Å². The van der Waals surface area contributed by atoms with Gasteiger partial charge in [0.15, 0.2) is 21.4 Å². The van der Waals surface area contributed by atoms with Gasteiger partial charge in [0.05, 0.1) is 11.5 Å². The van der Waals surface area contributed by atoms with E-state index in [1.165, 1.54) is 6.07 Å². The van der Waals surface area contributed by atoms with Gasteiger partial charge in [-0.1, -0.05) is 15.9 Å². The normalized spacial score (nSPS) is 22.6. The van der Waals surface area contributed by atoms with Crippen molar-refractivity contribution in [3.8, 4) is 5.75 Å². The molecule has 3 nitrogen and oxygen atoms in total. The molecule has 1 aromatic carbocycles. The van der Waals surface area contributed by atoms with Crippen molar-refractivity contribution in [2.75, 3.05) is 11.5 Å². The maximum atomic E-state index is 13.4. The van der Waals surface area contributed by atoms with Crippen LogP contribution in [0.1, 0.15) is 6.42 Å². The van der Waals surface area contributed by atoms with Gasteiger partial charge >= 0.3 is 0 Å². The van der Waals surface area contributed by atoms with Crippen molar-refractivity contribution in [2.45, 2.75) is 12.5 Å². The van der Waals surface area contributed by atoms with Crippen LogP contribution in [0.5, 0.6) is 5.75 Å². The summed E-state index contributed by atoms with van der Waals surface area (Å²) in [5, 5.41) is 0. The molecular formula is C10H9BrF2O3S. The molecule has 0 spiro atoms. The number of ether oxygens (including phenoxy) is 1. The van der Waals surface area contributed by atoms with E-state index in [0.29, 0.717) is 10.9 Å². The minimum Gasteiger partial charge on any atom is -0.486 e. The van der Waals surface area contributed by atoms with Crippen LogP contribution in [0.15, 0.2) is 16.6 Å². The van der Waals surface area contributed by atoms with Crippen LogP contribution in [-0.4, -0.2) is 26.0 Å². The third-order valence-electron chi connectivity index (χ3n) is 2.44. The third kappa shape index (κ3) is 2.95. The first-order chi connectivity index (χ1) is 7.87. The average molecular weight is 327 g/mol. The summed E-state index contributed by atoms with van der Waals surface area (Å²) in [6.45, 7) is 0. The second kappa shape index (κ2) is 4.53. The topological polar surface area (TPSA) is 43.4 Å². The van der Waals surface area contributed by atoms with E-state index in [9.17, 15) is 17.2 Å². The predicted molar refractivity (Wildman–Crippen MR) is 61.7 cm³/mol. The first-order valence-corrected chi connectivity index (χ1v) is 7.50. The zero-order valence-electron chi connectivity index (χ0n) is 8.62. The molecule has 94 valence electrons. The highest BCUT2D eigenvalue weighted by Gasteiger charge is 2.30. The summed E-state index contributed by atoms with van der Waals surface area (Å²) in [5.41, 5.74) is 0. The quantitative estimate of drug-likeness (QED) is 0.783. The van der Waals surface area contributed by atoms with E-state index in [2.05, 4.69) is 15.9 Å². The molecule has 1 fully saturated rings. The molecule has 7 heteroatoms. The van der Waals surface area contributed by atoms with Gasteiger partial charge in [-0.05, 0) is 18.6 Å². The van der Waals surface area contributed by atoms with Gasteiger partial charge in [0.1, 0.15) is 6.10 Å². The number of hydrogen-bond donors (Lipinski definition) is 0. The highest BCUT2D eigenvalue weighted by Crippen LogP contribution is 2.28. The lowest BCUT2D eigenvalue weighted by atomic mass is 10.3. The Morgan fingerprint density at radius 2 is 2.06 bits per heavy atom. The third-order valence-corrected chi connectivity index (χ3v) is 4.64. The summed E-state index contributed by atoms with van der Waals surface area (Å²) < 4.78 is 54.3. The lowest BCUT2D eigenvalue weighted by Crippen LogP contribution is -2.18. The fourth-order valence-electron chi connectivity index (χ4n) is 1.65. The molecule has 2 rings (SSSR count). The van der Waals surface area contributed by atoms with Gasteiger partial charge in [0.2, 0.25) is 5.82 Å². The van der Waals surface area contributed by atoms with E-state index in [-0.39, 0.29) is 17.3 Å². The van der Waals surface area contributed by atoms with E-state index >= 15 is 0 Å². The minimum atomic E-state index is -3.10. The molecule has 1 aliphatic heterocycles. The first kappa shape index (κ1) is 12.8. The fraction of sp³-hybridized carbons (Fsp3) is 0.400.